The third-order valence-corrected chi connectivity index (χ3v) is 4.36. The second-order valence-corrected chi connectivity index (χ2v) is 6.00. The largest absolute Gasteiger partial charge is 0.303 e. The van der Waals surface area contributed by atoms with Gasteiger partial charge in [-0.1, -0.05) is 19.1 Å². The van der Waals surface area contributed by atoms with Crippen molar-refractivity contribution in [2.75, 3.05) is 19.6 Å². The van der Waals surface area contributed by atoms with E-state index in [2.05, 4.69) is 25.7 Å². The van der Waals surface area contributed by atoms with Crippen LogP contribution in [0.25, 0.3) is 0 Å². The number of carbonyl (C=O) groups is 1. The van der Waals surface area contributed by atoms with Crippen LogP contribution in [0.2, 0.25) is 0 Å². The lowest BCUT2D eigenvalue weighted by Gasteiger charge is -2.29. The smallest absolute Gasteiger partial charge is 0.164 e. The molecule has 1 saturated heterocycles. The molecule has 0 unspecified atom stereocenters. The molecule has 1 aliphatic rings. The Hall–Kier alpha value is -1.15. The summed E-state index contributed by atoms with van der Waals surface area (Å²) in [6.07, 6.45) is 3.20. The molecule has 1 aromatic carbocycles. The van der Waals surface area contributed by atoms with Crippen LogP contribution < -0.4 is 0 Å². The van der Waals surface area contributed by atoms with Crippen LogP contribution in [0.5, 0.6) is 0 Å². The van der Waals surface area contributed by atoms with Crippen molar-refractivity contribution >= 4 is 5.78 Å². The fourth-order valence-electron chi connectivity index (χ4n) is 2.60. The Labute approximate surface area is 116 Å². The molecule has 104 valence electrons. The van der Waals surface area contributed by atoms with E-state index >= 15 is 0 Å². The fourth-order valence-corrected chi connectivity index (χ4v) is 2.60. The highest BCUT2D eigenvalue weighted by Gasteiger charge is 2.16. The molecule has 2 rings (SSSR count). The number of rotatable bonds is 4. The molecule has 1 aromatic rings. The first-order valence-corrected chi connectivity index (χ1v) is 7.39. The molecule has 0 bridgehead atoms. The van der Waals surface area contributed by atoms with Crippen LogP contribution in [0, 0.1) is 19.8 Å². The predicted octanol–water partition coefficient (Wildman–Crippen LogP) is 3.61. The molecule has 0 N–H and O–H groups in total. The monoisotopic (exact) mass is 259 g/mol. The van der Waals surface area contributed by atoms with Gasteiger partial charge in [-0.3, -0.25) is 4.79 Å². The van der Waals surface area contributed by atoms with Crippen molar-refractivity contribution in [1.82, 2.24) is 4.90 Å². The summed E-state index contributed by atoms with van der Waals surface area (Å²) in [5, 5.41) is 0. The normalized spacial score (nSPS) is 17.6. The number of ketones is 1. The van der Waals surface area contributed by atoms with Crippen LogP contribution in [0.15, 0.2) is 18.2 Å². The van der Waals surface area contributed by atoms with Crippen molar-refractivity contribution in [1.29, 1.82) is 0 Å². The number of hydrogen-bond donors (Lipinski definition) is 0. The van der Waals surface area contributed by atoms with Crippen molar-refractivity contribution in [3.8, 4) is 0 Å². The van der Waals surface area contributed by atoms with Crippen molar-refractivity contribution < 1.29 is 4.79 Å². The van der Waals surface area contributed by atoms with E-state index in [0.717, 1.165) is 31.1 Å². The van der Waals surface area contributed by atoms with E-state index in [0.29, 0.717) is 6.42 Å². The summed E-state index contributed by atoms with van der Waals surface area (Å²) < 4.78 is 0. The van der Waals surface area contributed by atoms with Gasteiger partial charge in [0.05, 0.1) is 0 Å². The highest BCUT2D eigenvalue weighted by Crippen LogP contribution is 2.17. The molecule has 1 fully saturated rings. The molecule has 0 aliphatic carbocycles. The number of carbonyl (C=O) groups excluding carboxylic acids is 1. The molecule has 1 aliphatic heterocycles. The lowest BCUT2D eigenvalue weighted by atomic mass is 9.98. The van der Waals surface area contributed by atoms with E-state index in [4.69, 9.17) is 0 Å². The Morgan fingerprint density at radius 1 is 1.21 bits per heavy atom. The third kappa shape index (κ3) is 3.90. The Kier molecular flexibility index (Phi) is 4.76. The van der Waals surface area contributed by atoms with Gasteiger partial charge >= 0.3 is 0 Å². The van der Waals surface area contributed by atoms with Gasteiger partial charge in [-0.25, -0.2) is 0 Å². The second-order valence-electron chi connectivity index (χ2n) is 6.00. The third-order valence-electron chi connectivity index (χ3n) is 4.36. The van der Waals surface area contributed by atoms with Crippen LogP contribution in [-0.2, 0) is 0 Å². The standard InChI is InChI=1S/C17H25NO/c1-13-6-9-18(10-7-13)11-8-17(19)16-5-4-14(2)15(3)12-16/h4-5,12-13H,6-11H2,1-3H3. The minimum absolute atomic E-state index is 0.279. The van der Waals surface area contributed by atoms with Gasteiger partial charge in [-0.2, -0.15) is 0 Å². The summed E-state index contributed by atoms with van der Waals surface area (Å²) in [5.41, 5.74) is 3.33. The van der Waals surface area contributed by atoms with E-state index in [9.17, 15) is 4.79 Å². The van der Waals surface area contributed by atoms with Gasteiger partial charge < -0.3 is 4.90 Å². The Morgan fingerprint density at radius 3 is 2.53 bits per heavy atom. The fraction of sp³-hybridized carbons (Fsp3) is 0.588. The summed E-state index contributed by atoms with van der Waals surface area (Å²) in [5.74, 6) is 1.13. The molecule has 0 atom stereocenters. The van der Waals surface area contributed by atoms with Crippen LogP contribution in [0.3, 0.4) is 0 Å². The average Bonchev–Trinajstić information content (AvgIpc) is 2.41. The van der Waals surface area contributed by atoms with E-state index < -0.39 is 0 Å². The van der Waals surface area contributed by atoms with E-state index in [1.807, 2.05) is 18.2 Å². The number of nitrogens with zero attached hydrogens (tertiary/aromatic N) is 1. The SMILES string of the molecule is Cc1ccc(C(=O)CCN2CCC(C)CC2)cc1C. The molecule has 0 spiro atoms. The maximum atomic E-state index is 12.2. The molecule has 19 heavy (non-hydrogen) atoms. The summed E-state index contributed by atoms with van der Waals surface area (Å²) >= 11 is 0. The zero-order chi connectivity index (χ0) is 13.8. The number of piperidine rings is 1. The molecule has 0 amide bonds. The Morgan fingerprint density at radius 2 is 1.89 bits per heavy atom. The Bertz CT molecular complexity index is 445. The van der Waals surface area contributed by atoms with Crippen molar-refractivity contribution in [2.45, 2.75) is 40.0 Å². The van der Waals surface area contributed by atoms with Crippen LogP contribution in [0.1, 0.15) is 47.7 Å². The van der Waals surface area contributed by atoms with Gasteiger partial charge in [0.2, 0.25) is 0 Å². The highest BCUT2D eigenvalue weighted by molar-refractivity contribution is 5.96. The summed E-state index contributed by atoms with van der Waals surface area (Å²) in [4.78, 5) is 14.6. The van der Waals surface area contributed by atoms with Gasteiger partial charge in [-0.15, -0.1) is 0 Å². The topological polar surface area (TPSA) is 20.3 Å². The first-order valence-electron chi connectivity index (χ1n) is 7.39. The number of likely N-dealkylation sites (tertiary alicyclic amines) is 1. The first-order chi connectivity index (χ1) is 9.06. The van der Waals surface area contributed by atoms with Gasteiger partial charge in [0.25, 0.3) is 0 Å². The van der Waals surface area contributed by atoms with Crippen LogP contribution in [0.4, 0.5) is 0 Å². The molecule has 0 aromatic heterocycles. The minimum atomic E-state index is 0.279. The lowest BCUT2D eigenvalue weighted by Crippen LogP contribution is -2.34. The van der Waals surface area contributed by atoms with Gasteiger partial charge in [-0.05, 0) is 62.9 Å². The quantitative estimate of drug-likeness (QED) is 0.770. The second kappa shape index (κ2) is 6.33. The van der Waals surface area contributed by atoms with Crippen molar-refractivity contribution in [3.05, 3.63) is 34.9 Å². The Balaban J connectivity index is 1.85. The summed E-state index contributed by atoms with van der Waals surface area (Å²) in [6.45, 7) is 9.69. The minimum Gasteiger partial charge on any atom is -0.303 e. The zero-order valence-corrected chi connectivity index (χ0v) is 12.4. The molecule has 1 heterocycles. The number of Topliss-reactive ketones (excluding diaryl/α,β-unsaturated/α-hetero) is 1. The van der Waals surface area contributed by atoms with Crippen molar-refractivity contribution in [2.24, 2.45) is 5.92 Å². The molecular weight excluding hydrogens is 234 g/mol. The van der Waals surface area contributed by atoms with E-state index in [1.165, 1.54) is 24.0 Å². The van der Waals surface area contributed by atoms with Gasteiger partial charge in [0.15, 0.2) is 5.78 Å². The van der Waals surface area contributed by atoms with Gasteiger partial charge in [0, 0.05) is 18.5 Å². The molecular formula is C17H25NO. The zero-order valence-electron chi connectivity index (χ0n) is 12.4. The number of aryl methyl sites for hydroxylation is 2. The first kappa shape index (κ1) is 14.3. The van der Waals surface area contributed by atoms with Crippen LogP contribution >= 0.6 is 0 Å². The van der Waals surface area contributed by atoms with E-state index in [-0.39, 0.29) is 5.78 Å². The molecule has 2 nitrogen and oxygen atoms in total. The van der Waals surface area contributed by atoms with Gasteiger partial charge in [0.1, 0.15) is 0 Å². The number of hydrogen-bond acceptors (Lipinski definition) is 2. The maximum Gasteiger partial charge on any atom is 0.164 e. The maximum absolute atomic E-state index is 12.2. The lowest BCUT2D eigenvalue weighted by molar-refractivity contribution is 0.0953. The average molecular weight is 259 g/mol. The van der Waals surface area contributed by atoms with Crippen molar-refractivity contribution in [3.63, 3.8) is 0 Å². The molecule has 0 saturated carbocycles. The molecule has 2 heteroatoms. The van der Waals surface area contributed by atoms with E-state index in [1.54, 1.807) is 0 Å². The van der Waals surface area contributed by atoms with Crippen LogP contribution in [-0.4, -0.2) is 30.3 Å². The predicted molar refractivity (Wildman–Crippen MR) is 79.7 cm³/mol. The summed E-state index contributed by atoms with van der Waals surface area (Å²) in [6, 6.07) is 6.03. The summed E-state index contributed by atoms with van der Waals surface area (Å²) in [7, 11) is 0. The number of benzene rings is 1. The highest BCUT2D eigenvalue weighted by atomic mass is 16.1. The molecule has 0 radical (unpaired) electrons.